The molecule has 12 heavy (non-hydrogen) atoms. The number of nitrogens with two attached hydrogens (primary N) is 1. The highest BCUT2D eigenvalue weighted by molar-refractivity contribution is 7.80. The maximum atomic E-state index is 5.67. The predicted octanol–water partition coefficient (Wildman–Crippen LogP) is 2.13. The van der Waals surface area contributed by atoms with Crippen molar-refractivity contribution < 1.29 is 0 Å². The van der Waals surface area contributed by atoms with Crippen LogP contribution in [0, 0.1) is 0 Å². The molecule has 0 amide bonds. The minimum absolute atomic E-state index is 0.00984. The van der Waals surface area contributed by atoms with Crippen LogP contribution in [0.3, 0.4) is 0 Å². The van der Waals surface area contributed by atoms with Crippen LogP contribution >= 0.6 is 12.2 Å². The highest BCUT2D eigenvalue weighted by Crippen LogP contribution is 2.23. The fraction of sp³-hybridized carbons (Fsp3) is 0.889. The van der Waals surface area contributed by atoms with E-state index >= 15 is 0 Å². The molecule has 0 spiro atoms. The van der Waals surface area contributed by atoms with E-state index in [1.165, 1.54) is 0 Å². The van der Waals surface area contributed by atoms with Crippen LogP contribution in [-0.4, -0.2) is 21.1 Å². The largest absolute Gasteiger partial charge is 0.376 e. The normalized spacial score (nSPS) is 12.8. The zero-order valence-electron chi connectivity index (χ0n) is 8.93. The minimum Gasteiger partial charge on any atom is -0.376 e. The third-order valence-corrected chi connectivity index (χ3v) is 1.74. The summed E-state index contributed by atoms with van der Waals surface area (Å²) >= 11 is 5.02. The van der Waals surface area contributed by atoms with E-state index in [9.17, 15) is 0 Å². The van der Waals surface area contributed by atoms with Crippen LogP contribution in [0.15, 0.2) is 0 Å². The van der Waals surface area contributed by atoms with Gasteiger partial charge in [-0.25, -0.2) is 0 Å². The monoisotopic (exact) mass is 188 g/mol. The van der Waals surface area contributed by atoms with E-state index in [0.29, 0.717) is 5.11 Å². The summed E-state index contributed by atoms with van der Waals surface area (Å²) in [5.74, 6) is 0. The van der Waals surface area contributed by atoms with Crippen LogP contribution < -0.4 is 5.73 Å². The van der Waals surface area contributed by atoms with Crippen molar-refractivity contribution in [3.8, 4) is 0 Å². The van der Waals surface area contributed by atoms with Gasteiger partial charge in [-0.05, 0) is 53.8 Å². The van der Waals surface area contributed by atoms with Crippen LogP contribution in [0.4, 0.5) is 0 Å². The van der Waals surface area contributed by atoms with E-state index < -0.39 is 0 Å². The Morgan fingerprint density at radius 2 is 1.25 bits per heavy atom. The highest BCUT2D eigenvalue weighted by atomic mass is 32.1. The van der Waals surface area contributed by atoms with Crippen molar-refractivity contribution in [2.24, 2.45) is 5.73 Å². The third kappa shape index (κ3) is 2.97. The molecule has 0 fully saturated rings. The Morgan fingerprint density at radius 1 is 1.00 bits per heavy atom. The zero-order chi connectivity index (χ0) is 10.2. The molecule has 3 heteroatoms. The SMILES string of the molecule is CC(C)(C)N(C(N)=S)C(C)(C)C. The molecule has 72 valence electrons. The smallest absolute Gasteiger partial charge is 0.167 e. The summed E-state index contributed by atoms with van der Waals surface area (Å²) in [6, 6.07) is 0. The van der Waals surface area contributed by atoms with Crippen molar-refractivity contribution in [2.75, 3.05) is 0 Å². The Balaban J connectivity index is 4.82. The van der Waals surface area contributed by atoms with Crippen molar-refractivity contribution in [3.05, 3.63) is 0 Å². The quantitative estimate of drug-likeness (QED) is 0.591. The molecule has 0 rings (SSSR count). The van der Waals surface area contributed by atoms with Gasteiger partial charge in [-0.15, -0.1) is 0 Å². The summed E-state index contributed by atoms with van der Waals surface area (Å²) in [7, 11) is 0. The van der Waals surface area contributed by atoms with E-state index in [1.807, 2.05) is 0 Å². The lowest BCUT2D eigenvalue weighted by molar-refractivity contribution is 0.126. The van der Waals surface area contributed by atoms with E-state index in [-0.39, 0.29) is 11.1 Å². The molecule has 0 bridgehead atoms. The molecule has 0 aliphatic heterocycles. The molecular weight excluding hydrogens is 168 g/mol. The molecule has 0 aromatic carbocycles. The molecular formula is C9H20N2S. The van der Waals surface area contributed by atoms with Crippen molar-refractivity contribution in [1.82, 2.24) is 4.90 Å². The molecule has 0 saturated heterocycles. The van der Waals surface area contributed by atoms with Crippen LogP contribution in [0.2, 0.25) is 0 Å². The lowest BCUT2D eigenvalue weighted by atomic mass is 9.97. The van der Waals surface area contributed by atoms with Gasteiger partial charge in [0.15, 0.2) is 5.11 Å². The number of hydrogen-bond donors (Lipinski definition) is 1. The van der Waals surface area contributed by atoms with Crippen LogP contribution in [0.25, 0.3) is 0 Å². The minimum atomic E-state index is -0.00984. The number of hydrogen-bond acceptors (Lipinski definition) is 1. The van der Waals surface area contributed by atoms with Crippen LogP contribution in [-0.2, 0) is 0 Å². The number of rotatable bonds is 0. The van der Waals surface area contributed by atoms with Gasteiger partial charge in [0.25, 0.3) is 0 Å². The lowest BCUT2D eigenvalue weighted by Gasteiger charge is -2.46. The second-order valence-corrected chi connectivity index (χ2v) is 5.43. The lowest BCUT2D eigenvalue weighted by Crippen LogP contribution is -2.57. The Labute approximate surface area is 81.1 Å². The van der Waals surface area contributed by atoms with Gasteiger partial charge in [-0.1, -0.05) is 0 Å². The van der Waals surface area contributed by atoms with Gasteiger partial charge >= 0.3 is 0 Å². The molecule has 0 radical (unpaired) electrons. The second-order valence-electron chi connectivity index (χ2n) is 5.02. The van der Waals surface area contributed by atoms with E-state index in [0.717, 1.165) is 0 Å². The summed E-state index contributed by atoms with van der Waals surface area (Å²) in [4.78, 5) is 2.05. The average molecular weight is 188 g/mol. The number of nitrogens with zero attached hydrogens (tertiary/aromatic N) is 1. The fourth-order valence-electron chi connectivity index (χ4n) is 1.67. The summed E-state index contributed by atoms with van der Waals surface area (Å²) in [5.41, 5.74) is 5.65. The molecule has 0 aliphatic rings. The van der Waals surface area contributed by atoms with Crippen LogP contribution in [0.1, 0.15) is 41.5 Å². The molecule has 2 N–H and O–H groups in total. The molecule has 0 unspecified atom stereocenters. The van der Waals surface area contributed by atoms with Gasteiger partial charge in [0.2, 0.25) is 0 Å². The van der Waals surface area contributed by atoms with Gasteiger partial charge < -0.3 is 10.6 Å². The molecule has 0 atom stereocenters. The Kier molecular flexibility index (Phi) is 3.12. The van der Waals surface area contributed by atoms with Crippen molar-refractivity contribution >= 4 is 17.3 Å². The fourth-order valence-corrected chi connectivity index (χ4v) is 2.22. The Hall–Kier alpha value is -0.310. The molecule has 0 saturated carbocycles. The third-order valence-electron chi connectivity index (χ3n) is 1.56. The first-order valence-electron chi connectivity index (χ1n) is 4.16. The summed E-state index contributed by atoms with van der Waals surface area (Å²) in [6.45, 7) is 12.7. The number of thiocarbonyl (C=S) groups is 1. The van der Waals surface area contributed by atoms with E-state index in [2.05, 4.69) is 46.4 Å². The molecule has 0 aromatic rings. The molecule has 2 nitrogen and oxygen atoms in total. The summed E-state index contributed by atoms with van der Waals surface area (Å²) in [6.07, 6.45) is 0. The van der Waals surface area contributed by atoms with E-state index in [1.54, 1.807) is 0 Å². The van der Waals surface area contributed by atoms with Crippen molar-refractivity contribution in [2.45, 2.75) is 52.6 Å². The Morgan fingerprint density at radius 3 is 1.25 bits per heavy atom. The van der Waals surface area contributed by atoms with Gasteiger partial charge in [-0.3, -0.25) is 0 Å². The maximum Gasteiger partial charge on any atom is 0.167 e. The van der Waals surface area contributed by atoms with Crippen LogP contribution in [0.5, 0.6) is 0 Å². The van der Waals surface area contributed by atoms with Gasteiger partial charge in [0, 0.05) is 11.1 Å². The van der Waals surface area contributed by atoms with Gasteiger partial charge in [0.1, 0.15) is 0 Å². The summed E-state index contributed by atoms with van der Waals surface area (Å²) in [5, 5.41) is 0.468. The zero-order valence-corrected chi connectivity index (χ0v) is 9.75. The van der Waals surface area contributed by atoms with Crippen molar-refractivity contribution in [1.29, 1.82) is 0 Å². The van der Waals surface area contributed by atoms with Crippen molar-refractivity contribution in [3.63, 3.8) is 0 Å². The van der Waals surface area contributed by atoms with Gasteiger partial charge in [0.05, 0.1) is 0 Å². The van der Waals surface area contributed by atoms with E-state index in [4.69, 9.17) is 18.0 Å². The Bertz CT molecular complexity index is 160. The first kappa shape index (κ1) is 11.7. The topological polar surface area (TPSA) is 29.3 Å². The standard InChI is InChI=1S/C9H20N2S/c1-8(2,3)11(7(10)12)9(4,5)6/h1-6H3,(H2,10,12). The first-order chi connectivity index (χ1) is 5.07. The second kappa shape index (κ2) is 3.21. The highest BCUT2D eigenvalue weighted by Gasteiger charge is 2.31. The summed E-state index contributed by atoms with van der Waals surface area (Å²) < 4.78 is 0. The predicted molar refractivity (Wildman–Crippen MR) is 58.1 cm³/mol. The van der Waals surface area contributed by atoms with Gasteiger partial charge in [-0.2, -0.15) is 0 Å². The average Bonchev–Trinajstić information content (AvgIpc) is 1.49. The maximum absolute atomic E-state index is 5.67. The molecule has 0 heterocycles. The first-order valence-corrected chi connectivity index (χ1v) is 4.57. The molecule has 0 aromatic heterocycles. The molecule has 0 aliphatic carbocycles.